The van der Waals surface area contributed by atoms with Crippen molar-refractivity contribution in [2.45, 2.75) is 26.1 Å². The molecule has 1 N–H and O–H groups in total. The minimum Gasteiger partial charge on any atom is -0.373 e. The summed E-state index contributed by atoms with van der Waals surface area (Å²) in [6.45, 7) is 6.33. The van der Waals surface area contributed by atoms with E-state index in [1.807, 2.05) is 13.8 Å². The van der Waals surface area contributed by atoms with Gasteiger partial charge in [0, 0.05) is 13.1 Å². The van der Waals surface area contributed by atoms with Gasteiger partial charge in [-0.1, -0.05) is 5.92 Å². The zero-order chi connectivity index (χ0) is 11.3. The Bertz CT molecular complexity index is 250. The maximum Gasteiger partial charge on any atom is 0.234 e. The molecule has 4 nitrogen and oxygen atoms in total. The Labute approximate surface area is 91.0 Å². The molecule has 1 amide bonds. The predicted molar refractivity (Wildman–Crippen MR) is 58.3 cm³/mol. The average molecular weight is 210 g/mol. The number of rotatable bonds is 3. The highest BCUT2D eigenvalue weighted by molar-refractivity contribution is 5.78. The Morgan fingerprint density at radius 2 is 2.13 bits per heavy atom. The van der Waals surface area contributed by atoms with Crippen LogP contribution in [0.2, 0.25) is 0 Å². The summed E-state index contributed by atoms with van der Waals surface area (Å²) >= 11 is 0. The fourth-order valence-electron chi connectivity index (χ4n) is 1.82. The first-order valence-electron chi connectivity index (χ1n) is 5.19. The molecule has 0 radical (unpaired) electrons. The van der Waals surface area contributed by atoms with E-state index >= 15 is 0 Å². The van der Waals surface area contributed by atoms with E-state index in [4.69, 9.17) is 11.2 Å². The number of morpholine rings is 1. The highest BCUT2D eigenvalue weighted by Crippen LogP contribution is 2.09. The van der Waals surface area contributed by atoms with Crippen molar-refractivity contribution in [3.05, 3.63) is 0 Å². The summed E-state index contributed by atoms with van der Waals surface area (Å²) < 4.78 is 5.57. The second-order valence-electron chi connectivity index (χ2n) is 3.93. The molecule has 1 rings (SSSR count). The largest absolute Gasteiger partial charge is 0.373 e. The molecule has 4 heteroatoms. The Morgan fingerprint density at radius 3 is 2.67 bits per heavy atom. The maximum absolute atomic E-state index is 11.4. The second kappa shape index (κ2) is 5.74. The molecule has 0 aromatic carbocycles. The summed E-state index contributed by atoms with van der Waals surface area (Å²) in [5.41, 5.74) is 0. The molecule has 0 saturated carbocycles. The fourth-order valence-corrected chi connectivity index (χ4v) is 1.82. The molecule has 1 aliphatic rings. The van der Waals surface area contributed by atoms with Crippen LogP contribution in [0.15, 0.2) is 0 Å². The number of ether oxygens (including phenoxy) is 1. The van der Waals surface area contributed by atoms with Gasteiger partial charge in [-0.15, -0.1) is 6.42 Å². The quantitative estimate of drug-likeness (QED) is 0.658. The molecule has 0 aliphatic carbocycles. The van der Waals surface area contributed by atoms with Crippen LogP contribution in [0, 0.1) is 12.3 Å². The summed E-state index contributed by atoms with van der Waals surface area (Å²) in [4.78, 5) is 13.5. The lowest BCUT2D eigenvalue weighted by molar-refractivity contribution is -0.125. The predicted octanol–water partition coefficient (Wildman–Crippen LogP) is -0.155. The Balaban J connectivity index is 2.31. The molecule has 1 saturated heterocycles. The van der Waals surface area contributed by atoms with E-state index in [0.29, 0.717) is 13.1 Å². The average Bonchev–Trinajstić information content (AvgIpc) is 2.13. The highest BCUT2D eigenvalue weighted by atomic mass is 16.5. The van der Waals surface area contributed by atoms with Crippen molar-refractivity contribution in [3.8, 4) is 12.3 Å². The topological polar surface area (TPSA) is 41.6 Å². The molecule has 0 spiro atoms. The van der Waals surface area contributed by atoms with E-state index in [-0.39, 0.29) is 18.1 Å². The smallest absolute Gasteiger partial charge is 0.234 e. The first kappa shape index (κ1) is 12.0. The van der Waals surface area contributed by atoms with Gasteiger partial charge in [0.15, 0.2) is 0 Å². The molecule has 0 aromatic heterocycles. The van der Waals surface area contributed by atoms with E-state index < -0.39 is 0 Å². The lowest BCUT2D eigenvalue weighted by Crippen LogP contribution is -2.49. The number of carbonyl (C=O) groups is 1. The SMILES string of the molecule is C#CCNC(=O)CN1CC(C)OC(C)C1. The highest BCUT2D eigenvalue weighted by Gasteiger charge is 2.23. The van der Waals surface area contributed by atoms with Crippen LogP contribution in [0.4, 0.5) is 0 Å². The van der Waals surface area contributed by atoms with Crippen LogP contribution in [0.1, 0.15) is 13.8 Å². The summed E-state index contributed by atoms with van der Waals surface area (Å²) in [6.07, 6.45) is 5.43. The molecule has 1 aliphatic heterocycles. The van der Waals surface area contributed by atoms with Crippen LogP contribution >= 0.6 is 0 Å². The van der Waals surface area contributed by atoms with Crippen molar-refractivity contribution in [2.75, 3.05) is 26.2 Å². The Morgan fingerprint density at radius 1 is 1.53 bits per heavy atom. The summed E-state index contributed by atoms with van der Waals surface area (Å²) in [5, 5.41) is 2.65. The molecule has 1 heterocycles. The number of amides is 1. The first-order chi connectivity index (χ1) is 7.11. The fraction of sp³-hybridized carbons (Fsp3) is 0.727. The normalized spacial score (nSPS) is 27.0. The third-order valence-corrected chi connectivity index (χ3v) is 2.25. The lowest BCUT2D eigenvalue weighted by atomic mass is 10.2. The standard InChI is InChI=1S/C11H18N2O2/c1-4-5-12-11(14)8-13-6-9(2)15-10(3)7-13/h1,9-10H,5-8H2,2-3H3,(H,12,14). The van der Waals surface area contributed by atoms with E-state index in [2.05, 4.69) is 16.1 Å². The molecule has 84 valence electrons. The first-order valence-corrected chi connectivity index (χ1v) is 5.19. The molecule has 0 bridgehead atoms. The van der Waals surface area contributed by atoms with Gasteiger partial charge in [0.05, 0.1) is 25.3 Å². The van der Waals surface area contributed by atoms with Crippen LogP contribution in [0.25, 0.3) is 0 Å². The monoisotopic (exact) mass is 210 g/mol. The third kappa shape index (κ3) is 4.32. The molecule has 2 atom stereocenters. The Hall–Kier alpha value is -1.05. The number of terminal acetylenes is 1. The van der Waals surface area contributed by atoms with Gasteiger partial charge >= 0.3 is 0 Å². The second-order valence-corrected chi connectivity index (χ2v) is 3.93. The summed E-state index contributed by atoms with van der Waals surface area (Å²) in [5.74, 6) is 2.36. The van der Waals surface area contributed by atoms with Crippen LogP contribution < -0.4 is 5.32 Å². The summed E-state index contributed by atoms with van der Waals surface area (Å²) in [6, 6.07) is 0. The zero-order valence-electron chi connectivity index (χ0n) is 9.32. The van der Waals surface area contributed by atoms with Gasteiger partial charge in [-0.25, -0.2) is 0 Å². The van der Waals surface area contributed by atoms with Gasteiger partial charge < -0.3 is 10.1 Å². The molecular weight excluding hydrogens is 192 g/mol. The number of nitrogens with zero attached hydrogens (tertiary/aromatic N) is 1. The molecule has 2 unspecified atom stereocenters. The van der Waals surface area contributed by atoms with Crippen molar-refractivity contribution in [1.82, 2.24) is 10.2 Å². The minimum absolute atomic E-state index is 0.0192. The molecular formula is C11H18N2O2. The van der Waals surface area contributed by atoms with Gasteiger partial charge in [-0.2, -0.15) is 0 Å². The number of carbonyl (C=O) groups excluding carboxylic acids is 1. The van der Waals surface area contributed by atoms with Gasteiger partial charge in [0.1, 0.15) is 0 Å². The summed E-state index contributed by atoms with van der Waals surface area (Å²) in [7, 11) is 0. The van der Waals surface area contributed by atoms with Crippen molar-refractivity contribution < 1.29 is 9.53 Å². The number of hydrogen-bond acceptors (Lipinski definition) is 3. The van der Waals surface area contributed by atoms with Crippen molar-refractivity contribution in [1.29, 1.82) is 0 Å². The van der Waals surface area contributed by atoms with E-state index in [1.165, 1.54) is 0 Å². The van der Waals surface area contributed by atoms with Crippen molar-refractivity contribution in [2.24, 2.45) is 0 Å². The van der Waals surface area contributed by atoms with Crippen LogP contribution in [0.5, 0.6) is 0 Å². The van der Waals surface area contributed by atoms with Crippen LogP contribution in [0.3, 0.4) is 0 Å². The molecule has 15 heavy (non-hydrogen) atoms. The van der Waals surface area contributed by atoms with Crippen molar-refractivity contribution in [3.63, 3.8) is 0 Å². The van der Waals surface area contributed by atoms with Gasteiger partial charge in [-0.3, -0.25) is 9.69 Å². The van der Waals surface area contributed by atoms with Crippen LogP contribution in [-0.4, -0.2) is 49.2 Å². The van der Waals surface area contributed by atoms with E-state index in [9.17, 15) is 4.79 Å². The molecule has 0 aromatic rings. The van der Waals surface area contributed by atoms with Gasteiger partial charge in [0.2, 0.25) is 5.91 Å². The zero-order valence-corrected chi connectivity index (χ0v) is 9.32. The van der Waals surface area contributed by atoms with Gasteiger partial charge in [0.25, 0.3) is 0 Å². The van der Waals surface area contributed by atoms with Crippen molar-refractivity contribution >= 4 is 5.91 Å². The third-order valence-electron chi connectivity index (χ3n) is 2.25. The van der Waals surface area contributed by atoms with Gasteiger partial charge in [-0.05, 0) is 13.8 Å². The maximum atomic E-state index is 11.4. The van der Waals surface area contributed by atoms with Crippen LogP contribution in [-0.2, 0) is 9.53 Å². The molecule has 1 fully saturated rings. The number of hydrogen-bond donors (Lipinski definition) is 1. The van der Waals surface area contributed by atoms with E-state index in [0.717, 1.165) is 13.1 Å². The number of nitrogens with one attached hydrogen (secondary N) is 1. The lowest BCUT2D eigenvalue weighted by Gasteiger charge is -2.34. The van der Waals surface area contributed by atoms with E-state index in [1.54, 1.807) is 0 Å². The Kier molecular flexibility index (Phi) is 4.60. The minimum atomic E-state index is -0.0192.